The van der Waals surface area contributed by atoms with Crippen molar-refractivity contribution in [2.75, 3.05) is 6.61 Å². The first-order valence-electron chi connectivity index (χ1n) is 13.5. The molecule has 0 fully saturated rings. The fourth-order valence-corrected chi connectivity index (χ4v) is 3.76. The van der Waals surface area contributed by atoms with E-state index in [1.54, 1.807) is 0 Å². The molecule has 0 radical (unpaired) electrons. The zero-order chi connectivity index (χ0) is 23.0. The molecule has 0 aromatic carbocycles. The number of esters is 2. The minimum atomic E-state index is -0.133. The second-order valence-electron chi connectivity index (χ2n) is 8.98. The SMILES string of the molecule is CCCCCCCCCCCCCCOC(=O)CCCCC(=O)OC(CC)CCCC. The Labute approximate surface area is 193 Å². The molecule has 0 aromatic rings. The summed E-state index contributed by atoms with van der Waals surface area (Å²) in [4.78, 5) is 23.7. The molecule has 0 N–H and O–H groups in total. The molecule has 0 heterocycles. The number of unbranched alkanes of at least 4 members (excludes halogenated alkanes) is 13. The Kier molecular flexibility index (Phi) is 22.8. The Morgan fingerprint density at radius 3 is 1.58 bits per heavy atom. The van der Waals surface area contributed by atoms with Gasteiger partial charge in [-0.05, 0) is 32.1 Å². The van der Waals surface area contributed by atoms with Crippen LogP contribution in [0.15, 0.2) is 0 Å². The van der Waals surface area contributed by atoms with Crippen molar-refractivity contribution in [3.05, 3.63) is 0 Å². The van der Waals surface area contributed by atoms with Crippen molar-refractivity contribution in [1.82, 2.24) is 0 Å². The van der Waals surface area contributed by atoms with Gasteiger partial charge in [-0.15, -0.1) is 0 Å². The summed E-state index contributed by atoms with van der Waals surface area (Å²) in [5.74, 6) is -0.265. The summed E-state index contributed by atoms with van der Waals surface area (Å²) in [7, 11) is 0. The van der Waals surface area contributed by atoms with E-state index in [9.17, 15) is 9.59 Å². The molecule has 0 spiro atoms. The number of carbonyl (C=O) groups excluding carboxylic acids is 2. The average Bonchev–Trinajstić information content (AvgIpc) is 2.77. The lowest BCUT2D eigenvalue weighted by atomic mass is 10.1. The Morgan fingerprint density at radius 2 is 1.06 bits per heavy atom. The number of carbonyl (C=O) groups is 2. The van der Waals surface area contributed by atoms with Crippen LogP contribution in [0, 0.1) is 0 Å². The van der Waals surface area contributed by atoms with Crippen molar-refractivity contribution in [3.8, 4) is 0 Å². The highest BCUT2D eigenvalue weighted by molar-refractivity contribution is 5.70. The fourth-order valence-electron chi connectivity index (χ4n) is 3.76. The van der Waals surface area contributed by atoms with Crippen LogP contribution in [0.25, 0.3) is 0 Å². The summed E-state index contributed by atoms with van der Waals surface area (Å²) >= 11 is 0. The van der Waals surface area contributed by atoms with Gasteiger partial charge >= 0.3 is 11.9 Å². The van der Waals surface area contributed by atoms with E-state index in [1.807, 2.05) is 0 Å². The van der Waals surface area contributed by atoms with Gasteiger partial charge in [0.05, 0.1) is 6.61 Å². The normalized spacial score (nSPS) is 12.0. The number of hydrogen-bond donors (Lipinski definition) is 0. The van der Waals surface area contributed by atoms with E-state index in [2.05, 4.69) is 20.8 Å². The fraction of sp³-hybridized carbons (Fsp3) is 0.926. The smallest absolute Gasteiger partial charge is 0.306 e. The number of rotatable bonds is 23. The number of hydrogen-bond acceptors (Lipinski definition) is 4. The summed E-state index contributed by atoms with van der Waals surface area (Å²) in [6, 6.07) is 0. The molecule has 4 heteroatoms. The topological polar surface area (TPSA) is 52.6 Å². The van der Waals surface area contributed by atoms with E-state index in [-0.39, 0.29) is 18.0 Å². The Balaban J connectivity index is 3.40. The molecule has 0 bridgehead atoms. The van der Waals surface area contributed by atoms with Crippen molar-refractivity contribution in [1.29, 1.82) is 0 Å². The van der Waals surface area contributed by atoms with Crippen LogP contribution in [0.4, 0.5) is 0 Å². The van der Waals surface area contributed by atoms with Gasteiger partial charge in [-0.3, -0.25) is 9.59 Å². The third-order valence-electron chi connectivity index (χ3n) is 5.91. The van der Waals surface area contributed by atoms with Crippen LogP contribution in [0.2, 0.25) is 0 Å². The summed E-state index contributed by atoms with van der Waals surface area (Å²) in [5.41, 5.74) is 0. The summed E-state index contributed by atoms with van der Waals surface area (Å²) in [6.45, 7) is 7.00. The van der Waals surface area contributed by atoms with E-state index >= 15 is 0 Å². The van der Waals surface area contributed by atoms with Crippen molar-refractivity contribution in [2.24, 2.45) is 0 Å². The molecule has 0 rings (SSSR count). The van der Waals surface area contributed by atoms with Crippen molar-refractivity contribution < 1.29 is 19.1 Å². The lowest BCUT2D eigenvalue weighted by molar-refractivity contribution is -0.150. The zero-order valence-electron chi connectivity index (χ0n) is 21.1. The van der Waals surface area contributed by atoms with Gasteiger partial charge < -0.3 is 9.47 Å². The molecule has 0 saturated heterocycles. The van der Waals surface area contributed by atoms with E-state index < -0.39 is 0 Å². The minimum Gasteiger partial charge on any atom is -0.466 e. The summed E-state index contributed by atoms with van der Waals surface area (Å²) in [6.07, 6.45) is 21.9. The van der Waals surface area contributed by atoms with E-state index in [4.69, 9.17) is 9.47 Å². The van der Waals surface area contributed by atoms with Gasteiger partial charge in [-0.2, -0.15) is 0 Å². The third-order valence-corrected chi connectivity index (χ3v) is 5.91. The Morgan fingerprint density at radius 1 is 0.581 bits per heavy atom. The van der Waals surface area contributed by atoms with E-state index in [0.29, 0.717) is 32.3 Å². The molecular formula is C27H52O4. The third kappa shape index (κ3) is 21.9. The average molecular weight is 441 g/mol. The molecule has 0 aliphatic heterocycles. The zero-order valence-corrected chi connectivity index (χ0v) is 21.1. The standard InChI is InChI=1S/C27H52O4/c1-4-7-9-10-11-12-13-14-15-16-17-20-24-30-26(28)22-18-19-23-27(29)31-25(6-3)21-8-5-2/h25H,4-24H2,1-3H3. The van der Waals surface area contributed by atoms with Gasteiger partial charge in [0.2, 0.25) is 0 Å². The molecule has 0 aliphatic rings. The first-order valence-corrected chi connectivity index (χ1v) is 13.5. The van der Waals surface area contributed by atoms with Crippen LogP contribution in [-0.4, -0.2) is 24.6 Å². The van der Waals surface area contributed by atoms with E-state index in [1.165, 1.54) is 64.2 Å². The molecule has 184 valence electrons. The highest BCUT2D eigenvalue weighted by Gasteiger charge is 2.12. The molecule has 0 saturated carbocycles. The van der Waals surface area contributed by atoms with Gasteiger partial charge in [0.25, 0.3) is 0 Å². The molecular weight excluding hydrogens is 388 g/mol. The predicted molar refractivity (Wildman–Crippen MR) is 130 cm³/mol. The largest absolute Gasteiger partial charge is 0.466 e. The Bertz CT molecular complexity index is 408. The summed E-state index contributed by atoms with van der Waals surface area (Å²) < 4.78 is 10.8. The van der Waals surface area contributed by atoms with Gasteiger partial charge in [0, 0.05) is 12.8 Å². The van der Waals surface area contributed by atoms with Crippen LogP contribution < -0.4 is 0 Å². The molecule has 1 unspecified atom stereocenters. The number of ether oxygens (including phenoxy) is 2. The second kappa shape index (κ2) is 23.6. The van der Waals surface area contributed by atoms with Gasteiger partial charge in [-0.1, -0.05) is 104 Å². The van der Waals surface area contributed by atoms with Crippen LogP contribution in [-0.2, 0) is 19.1 Å². The first-order chi connectivity index (χ1) is 15.1. The monoisotopic (exact) mass is 440 g/mol. The van der Waals surface area contributed by atoms with Gasteiger partial charge in [0.15, 0.2) is 0 Å². The highest BCUT2D eigenvalue weighted by atomic mass is 16.5. The molecule has 4 nitrogen and oxygen atoms in total. The van der Waals surface area contributed by atoms with Gasteiger partial charge in [-0.25, -0.2) is 0 Å². The molecule has 31 heavy (non-hydrogen) atoms. The summed E-state index contributed by atoms with van der Waals surface area (Å²) in [5, 5.41) is 0. The molecule has 0 aliphatic carbocycles. The van der Waals surface area contributed by atoms with Crippen LogP contribution in [0.1, 0.15) is 149 Å². The van der Waals surface area contributed by atoms with Crippen molar-refractivity contribution in [3.63, 3.8) is 0 Å². The maximum atomic E-state index is 11.9. The quantitative estimate of drug-likeness (QED) is 0.118. The molecule has 0 amide bonds. The molecule has 0 aromatic heterocycles. The van der Waals surface area contributed by atoms with Crippen molar-refractivity contribution >= 4 is 11.9 Å². The minimum absolute atomic E-state index is 0.0490. The second-order valence-corrected chi connectivity index (χ2v) is 8.98. The lowest BCUT2D eigenvalue weighted by Gasteiger charge is -2.15. The van der Waals surface area contributed by atoms with Crippen LogP contribution in [0.5, 0.6) is 0 Å². The maximum Gasteiger partial charge on any atom is 0.306 e. The van der Waals surface area contributed by atoms with Crippen LogP contribution >= 0.6 is 0 Å². The molecule has 1 atom stereocenters. The van der Waals surface area contributed by atoms with Gasteiger partial charge in [0.1, 0.15) is 6.10 Å². The van der Waals surface area contributed by atoms with E-state index in [0.717, 1.165) is 38.5 Å². The lowest BCUT2D eigenvalue weighted by Crippen LogP contribution is -2.17. The predicted octanol–water partition coefficient (Wildman–Crippen LogP) is 8.30. The maximum absolute atomic E-state index is 11.9. The van der Waals surface area contributed by atoms with Crippen LogP contribution in [0.3, 0.4) is 0 Å². The highest BCUT2D eigenvalue weighted by Crippen LogP contribution is 2.13. The van der Waals surface area contributed by atoms with Crippen molar-refractivity contribution in [2.45, 2.75) is 155 Å². The Hall–Kier alpha value is -1.06. The first kappa shape index (κ1) is 29.9.